The average Bonchev–Trinajstić information content (AvgIpc) is 2.37. The highest BCUT2D eigenvalue weighted by Gasteiger charge is 2.19. The summed E-state index contributed by atoms with van der Waals surface area (Å²) in [7, 11) is 0. The molecule has 1 heterocycles. The van der Waals surface area contributed by atoms with Crippen molar-refractivity contribution < 1.29 is 9.66 Å². The summed E-state index contributed by atoms with van der Waals surface area (Å²) < 4.78 is 5.55. The van der Waals surface area contributed by atoms with E-state index in [4.69, 9.17) is 16.3 Å². The molecule has 0 N–H and O–H groups in total. The van der Waals surface area contributed by atoms with Gasteiger partial charge in [-0.1, -0.05) is 38.4 Å². The van der Waals surface area contributed by atoms with Crippen molar-refractivity contribution in [1.82, 2.24) is 9.97 Å². The van der Waals surface area contributed by atoms with Gasteiger partial charge in [-0.15, -0.1) is 0 Å². The predicted octanol–water partition coefficient (Wildman–Crippen LogP) is 4.13. The van der Waals surface area contributed by atoms with E-state index < -0.39 is 4.92 Å². The van der Waals surface area contributed by atoms with Gasteiger partial charge in [0.1, 0.15) is 16.7 Å². The largest absolute Gasteiger partial charge is 0.439 e. The van der Waals surface area contributed by atoms with E-state index in [-0.39, 0.29) is 22.1 Å². The summed E-state index contributed by atoms with van der Waals surface area (Å²) in [6, 6.07) is 7.34. The van der Waals surface area contributed by atoms with E-state index in [1.807, 2.05) is 20.8 Å². The first kappa shape index (κ1) is 15.2. The first-order valence-corrected chi connectivity index (χ1v) is 6.61. The van der Waals surface area contributed by atoms with E-state index in [0.717, 1.165) is 0 Å². The molecule has 0 amide bonds. The van der Waals surface area contributed by atoms with Gasteiger partial charge < -0.3 is 4.74 Å². The van der Waals surface area contributed by atoms with Gasteiger partial charge in [-0.2, -0.15) is 4.98 Å². The summed E-state index contributed by atoms with van der Waals surface area (Å²) in [5, 5.41) is 11.0. The van der Waals surface area contributed by atoms with Crippen molar-refractivity contribution >= 4 is 17.3 Å². The number of hydrogen-bond donors (Lipinski definition) is 0. The number of nitro benzene ring substituents is 1. The zero-order valence-corrected chi connectivity index (χ0v) is 12.6. The Hall–Kier alpha value is -2.21. The van der Waals surface area contributed by atoms with Gasteiger partial charge in [-0.3, -0.25) is 10.1 Å². The average molecular weight is 308 g/mol. The van der Waals surface area contributed by atoms with E-state index in [9.17, 15) is 10.1 Å². The zero-order chi connectivity index (χ0) is 15.6. The summed E-state index contributed by atoms with van der Waals surface area (Å²) in [5.74, 6) is 1.11. The number of aromatic nitrogens is 2. The molecule has 110 valence electrons. The van der Waals surface area contributed by atoms with Crippen LogP contribution in [0.15, 0.2) is 30.3 Å². The van der Waals surface area contributed by atoms with E-state index in [2.05, 4.69) is 9.97 Å². The second-order valence-electron chi connectivity index (χ2n) is 5.46. The van der Waals surface area contributed by atoms with Crippen LogP contribution in [0.2, 0.25) is 5.15 Å². The molecule has 1 aromatic heterocycles. The van der Waals surface area contributed by atoms with E-state index >= 15 is 0 Å². The molecule has 0 saturated heterocycles. The lowest BCUT2D eigenvalue weighted by Crippen LogP contribution is -2.16. The van der Waals surface area contributed by atoms with E-state index in [1.54, 1.807) is 12.1 Å². The van der Waals surface area contributed by atoms with Gasteiger partial charge in [-0.05, 0) is 6.07 Å². The number of nitro groups is 1. The Morgan fingerprint density at radius 3 is 2.57 bits per heavy atom. The Labute approximate surface area is 126 Å². The molecule has 7 heteroatoms. The molecule has 0 atom stereocenters. The SMILES string of the molecule is CC(C)(C)c1nc(Cl)cc(Oc2cccc([N+](=O)[O-])c2)n1. The molecule has 1 aromatic carbocycles. The molecule has 0 aliphatic carbocycles. The quantitative estimate of drug-likeness (QED) is 0.484. The number of halogens is 1. The molecule has 21 heavy (non-hydrogen) atoms. The summed E-state index contributed by atoms with van der Waals surface area (Å²) in [6.45, 7) is 5.86. The smallest absolute Gasteiger partial charge is 0.273 e. The lowest BCUT2D eigenvalue weighted by Gasteiger charge is -2.17. The number of nitrogens with zero attached hydrogens (tertiary/aromatic N) is 3. The fourth-order valence-corrected chi connectivity index (χ4v) is 1.74. The van der Waals surface area contributed by atoms with Crippen LogP contribution in [-0.2, 0) is 5.41 Å². The monoisotopic (exact) mass is 307 g/mol. The van der Waals surface area contributed by atoms with Crippen molar-refractivity contribution in [2.75, 3.05) is 0 Å². The van der Waals surface area contributed by atoms with Crippen molar-refractivity contribution in [3.8, 4) is 11.6 Å². The summed E-state index contributed by atoms with van der Waals surface area (Å²) >= 11 is 5.96. The molecule has 0 spiro atoms. The van der Waals surface area contributed by atoms with Crippen LogP contribution in [0.4, 0.5) is 5.69 Å². The van der Waals surface area contributed by atoms with Crippen molar-refractivity contribution in [3.05, 3.63) is 51.4 Å². The van der Waals surface area contributed by atoms with Crippen LogP contribution in [-0.4, -0.2) is 14.9 Å². The van der Waals surface area contributed by atoms with Gasteiger partial charge >= 0.3 is 0 Å². The van der Waals surface area contributed by atoms with Gasteiger partial charge in [0.2, 0.25) is 5.88 Å². The molecular weight excluding hydrogens is 294 g/mol. The first-order valence-electron chi connectivity index (χ1n) is 6.23. The molecule has 0 unspecified atom stereocenters. The molecule has 0 aliphatic heterocycles. The van der Waals surface area contributed by atoms with Crippen LogP contribution in [0.1, 0.15) is 26.6 Å². The number of hydrogen-bond acceptors (Lipinski definition) is 5. The molecule has 0 saturated carbocycles. The Balaban J connectivity index is 2.33. The van der Waals surface area contributed by atoms with Gasteiger partial charge in [0.15, 0.2) is 0 Å². The maximum atomic E-state index is 10.7. The Kier molecular flexibility index (Phi) is 4.09. The summed E-state index contributed by atoms with van der Waals surface area (Å²) in [6.07, 6.45) is 0. The third-order valence-corrected chi connectivity index (χ3v) is 2.79. The number of ether oxygens (including phenoxy) is 1. The fraction of sp³-hybridized carbons (Fsp3) is 0.286. The molecule has 0 bridgehead atoms. The van der Waals surface area contributed by atoms with Crippen molar-refractivity contribution in [2.45, 2.75) is 26.2 Å². The van der Waals surface area contributed by atoms with E-state index in [1.165, 1.54) is 18.2 Å². The Morgan fingerprint density at radius 2 is 1.95 bits per heavy atom. The maximum absolute atomic E-state index is 10.7. The second kappa shape index (κ2) is 5.65. The van der Waals surface area contributed by atoms with Crippen LogP contribution >= 0.6 is 11.6 Å². The molecule has 2 rings (SSSR count). The highest BCUT2D eigenvalue weighted by atomic mass is 35.5. The van der Waals surface area contributed by atoms with Crippen LogP contribution < -0.4 is 4.74 Å². The molecule has 0 radical (unpaired) electrons. The molecule has 2 aromatic rings. The highest BCUT2D eigenvalue weighted by Crippen LogP contribution is 2.27. The van der Waals surface area contributed by atoms with Crippen LogP contribution in [0.25, 0.3) is 0 Å². The van der Waals surface area contributed by atoms with Crippen LogP contribution in [0.3, 0.4) is 0 Å². The van der Waals surface area contributed by atoms with Crippen molar-refractivity contribution in [1.29, 1.82) is 0 Å². The van der Waals surface area contributed by atoms with Crippen LogP contribution in [0.5, 0.6) is 11.6 Å². The molecular formula is C14H14ClN3O3. The minimum Gasteiger partial charge on any atom is -0.439 e. The lowest BCUT2D eigenvalue weighted by atomic mass is 9.96. The molecule has 0 fully saturated rings. The topological polar surface area (TPSA) is 78.2 Å². The summed E-state index contributed by atoms with van der Waals surface area (Å²) in [5.41, 5.74) is -0.338. The lowest BCUT2D eigenvalue weighted by molar-refractivity contribution is -0.384. The second-order valence-corrected chi connectivity index (χ2v) is 5.85. The van der Waals surface area contributed by atoms with Crippen LogP contribution in [0, 0.1) is 10.1 Å². The first-order chi connectivity index (χ1) is 9.75. The third-order valence-electron chi connectivity index (χ3n) is 2.59. The predicted molar refractivity (Wildman–Crippen MR) is 78.9 cm³/mol. The normalized spacial score (nSPS) is 11.2. The number of non-ortho nitro benzene ring substituents is 1. The van der Waals surface area contributed by atoms with Crippen molar-refractivity contribution in [3.63, 3.8) is 0 Å². The highest BCUT2D eigenvalue weighted by molar-refractivity contribution is 6.29. The summed E-state index contributed by atoms with van der Waals surface area (Å²) in [4.78, 5) is 18.7. The van der Waals surface area contributed by atoms with Gasteiger partial charge in [0.25, 0.3) is 5.69 Å². The van der Waals surface area contributed by atoms with E-state index in [0.29, 0.717) is 11.6 Å². The van der Waals surface area contributed by atoms with Gasteiger partial charge in [0.05, 0.1) is 11.0 Å². The third kappa shape index (κ3) is 3.88. The number of rotatable bonds is 3. The fourth-order valence-electron chi connectivity index (χ4n) is 1.57. The minimum absolute atomic E-state index is 0.0521. The zero-order valence-electron chi connectivity index (χ0n) is 11.8. The maximum Gasteiger partial charge on any atom is 0.273 e. The standard InChI is InChI=1S/C14H14ClN3O3/c1-14(2,3)13-16-11(15)8-12(17-13)21-10-6-4-5-9(7-10)18(19)20/h4-8H,1-3H3. The Bertz CT molecular complexity index is 683. The molecule has 6 nitrogen and oxygen atoms in total. The number of benzene rings is 1. The minimum atomic E-state index is -0.486. The molecule has 0 aliphatic rings. The van der Waals surface area contributed by atoms with Gasteiger partial charge in [-0.25, -0.2) is 4.98 Å². The van der Waals surface area contributed by atoms with Crippen molar-refractivity contribution in [2.24, 2.45) is 0 Å². The Morgan fingerprint density at radius 1 is 1.24 bits per heavy atom. The van der Waals surface area contributed by atoms with Gasteiger partial charge in [0, 0.05) is 17.5 Å².